The molecule has 0 saturated carbocycles. The Morgan fingerprint density at radius 3 is 2.14 bits per heavy atom. The van der Waals surface area contributed by atoms with Gasteiger partial charge in [-0.3, -0.25) is 14.1 Å². The summed E-state index contributed by atoms with van der Waals surface area (Å²) in [4.78, 5) is 22.0. The molecule has 0 aliphatic heterocycles. The van der Waals surface area contributed by atoms with Gasteiger partial charge in [0.2, 0.25) is 4.93 Å². The zero-order valence-corrected chi connectivity index (χ0v) is 11.8. The van der Waals surface area contributed by atoms with Gasteiger partial charge in [-0.1, -0.05) is 24.3 Å². The third kappa shape index (κ3) is 1.71. The van der Waals surface area contributed by atoms with Crippen LogP contribution in [0.15, 0.2) is 47.2 Å². The Hall–Kier alpha value is -2.29. The van der Waals surface area contributed by atoms with Crippen molar-refractivity contribution >= 4 is 21.7 Å². The first kappa shape index (κ1) is 14.6. The molecule has 0 radical (unpaired) electrons. The summed E-state index contributed by atoms with van der Waals surface area (Å²) in [6.45, 7) is 0. The maximum Gasteiger partial charge on any atom is 0.300 e. The topological polar surface area (TPSA) is 129 Å². The van der Waals surface area contributed by atoms with Crippen LogP contribution in [0.5, 0.6) is 0 Å². The van der Waals surface area contributed by atoms with Gasteiger partial charge in [0, 0.05) is 17.5 Å². The lowest BCUT2D eigenvalue weighted by atomic mass is 9.78. The second kappa shape index (κ2) is 4.35. The molecule has 0 amide bonds. The highest BCUT2D eigenvalue weighted by molar-refractivity contribution is 7.87. The molecule has 0 heterocycles. The molecule has 3 N–H and O–H groups in total. The van der Waals surface area contributed by atoms with Crippen LogP contribution in [-0.4, -0.2) is 39.7 Å². The van der Waals surface area contributed by atoms with E-state index < -0.39 is 49.9 Å². The van der Waals surface area contributed by atoms with Gasteiger partial charge in [-0.25, -0.2) is 0 Å². The Kier molecular flexibility index (Phi) is 2.90. The van der Waals surface area contributed by atoms with E-state index in [-0.39, 0.29) is 11.1 Å². The summed E-state index contributed by atoms with van der Waals surface area (Å²) in [5.41, 5.74) is -1.53. The van der Waals surface area contributed by atoms with Gasteiger partial charge in [-0.15, -0.1) is 0 Å². The average Bonchev–Trinajstić information content (AvgIpc) is 2.46. The van der Waals surface area contributed by atoms with Crippen LogP contribution in [0.4, 0.5) is 0 Å². The van der Waals surface area contributed by atoms with Crippen LogP contribution in [0, 0.1) is 0 Å². The second-order valence-corrected chi connectivity index (χ2v) is 6.63. The van der Waals surface area contributed by atoms with Crippen molar-refractivity contribution in [2.24, 2.45) is 0 Å². The first-order valence-corrected chi connectivity index (χ1v) is 7.64. The number of carbonyl (C=O) groups is 2. The molecule has 0 bridgehead atoms. The van der Waals surface area contributed by atoms with Crippen molar-refractivity contribution in [1.82, 2.24) is 0 Å². The fourth-order valence-electron chi connectivity index (χ4n) is 2.67. The number of benzene rings is 1. The van der Waals surface area contributed by atoms with Gasteiger partial charge in [0.05, 0.1) is 11.1 Å². The van der Waals surface area contributed by atoms with Crippen molar-refractivity contribution in [2.45, 2.75) is 11.4 Å². The summed E-state index contributed by atoms with van der Waals surface area (Å²) < 4.78 is 32.4. The Bertz CT molecular complexity index is 892. The molecule has 0 fully saturated rings. The van der Waals surface area contributed by atoms with Gasteiger partial charge < -0.3 is 10.2 Å². The SMILES string of the molecule is O=C1C2=C(C(=O)c3ccccc31)C(O)(S(=O)(=O)O)CC=C2O. The number of ketones is 2. The largest absolute Gasteiger partial charge is 0.508 e. The highest BCUT2D eigenvalue weighted by atomic mass is 32.2. The Morgan fingerprint density at radius 2 is 1.59 bits per heavy atom. The highest BCUT2D eigenvalue weighted by Crippen LogP contribution is 2.42. The van der Waals surface area contributed by atoms with Crippen molar-refractivity contribution < 1.29 is 32.8 Å². The van der Waals surface area contributed by atoms with Crippen LogP contribution < -0.4 is 0 Å². The third-order valence-corrected chi connectivity index (χ3v) is 4.99. The van der Waals surface area contributed by atoms with Gasteiger partial charge in [0.15, 0.2) is 11.6 Å². The van der Waals surface area contributed by atoms with E-state index >= 15 is 0 Å². The van der Waals surface area contributed by atoms with Crippen molar-refractivity contribution in [3.8, 4) is 0 Å². The number of hydrogen-bond acceptors (Lipinski definition) is 6. The number of rotatable bonds is 1. The van der Waals surface area contributed by atoms with Crippen LogP contribution in [0.25, 0.3) is 0 Å². The first-order valence-electron chi connectivity index (χ1n) is 6.20. The molecule has 2 aliphatic rings. The highest BCUT2D eigenvalue weighted by Gasteiger charge is 2.54. The normalized spacial score (nSPS) is 24.7. The molecular weight excluding hydrogens is 312 g/mol. The van der Waals surface area contributed by atoms with Crippen LogP contribution in [0.2, 0.25) is 0 Å². The zero-order valence-electron chi connectivity index (χ0n) is 11.0. The molecule has 22 heavy (non-hydrogen) atoms. The quantitative estimate of drug-likeness (QED) is 0.652. The van der Waals surface area contributed by atoms with E-state index in [1.54, 1.807) is 0 Å². The molecule has 1 aromatic carbocycles. The predicted octanol–water partition coefficient (Wildman–Crippen LogP) is 0.784. The van der Waals surface area contributed by atoms with Crippen LogP contribution in [0.1, 0.15) is 27.1 Å². The van der Waals surface area contributed by atoms with Crippen LogP contribution in [-0.2, 0) is 10.1 Å². The zero-order chi connectivity index (χ0) is 16.3. The molecule has 114 valence electrons. The van der Waals surface area contributed by atoms with Gasteiger partial charge in [0.1, 0.15) is 5.76 Å². The number of allylic oxidation sites excluding steroid dienone is 1. The fraction of sp³-hybridized carbons (Fsp3) is 0.143. The van der Waals surface area contributed by atoms with E-state index in [2.05, 4.69) is 0 Å². The number of fused-ring (bicyclic) bond motifs is 1. The molecule has 8 heteroatoms. The molecule has 1 unspecified atom stereocenters. The minimum Gasteiger partial charge on any atom is -0.508 e. The van der Waals surface area contributed by atoms with E-state index in [1.807, 2.05) is 0 Å². The van der Waals surface area contributed by atoms with Gasteiger partial charge in [-0.05, 0) is 6.08 Å². The summed E-state index contributed by atoms with van der Waals surface area (Å²) >= 11 is 0. The summed E-state index contributed by atoms with van der Waals surface area (Å²) in [5, 5.41) is 20.2. The summed E-state index contributed by atoms with van der Waals surface area (Å²) in [6.07, 6.45) is 0.142. The standard InChI is InChI=1S/C14H10O7S/c15-9-5-6-14(18,22(19,20)21)11-10(9)12(16)7-3-1-2-4-8(7)13(11)17/h1-5,15,18H,6H2,(H,19,20,21). The van der Waals surface area contributed by atoms with E-state index in [4.69, 9.17) is 0 Å². The number of carbonyl (C=O) groups excluding carboxylic acids is 2. The summed E-state index contributed by atoms with van der Waals surface area (Å²) in [7, 11) is -5.11. The fourth-order valence-corrected chi connectivity index (χ4v) is 3.41. The number of Topliss-reactive ketones (excluding diaryl/α,β-unsaturated/α-hetero) is 2. The first-order chi connectivity index (χ1) is 10.2. The van der Waals surface area contributed by atoms with Crippen LogP contribution >= 0.6 is 0 Å². The van der Waals surface area contributed by atoms with Gasteiger partial charge in [0.25, 0.3) is 10.1 Å². The molecule has 0 saturated heterocycles. The smallest absolute Gasteiger partial charge is 0.300 e. The Balaban J connectivity index is 2.39. The molecular formula is C14H10O7S. The van der Waals surface area contributed by atoms with Crippen molar-refractivity contribution in [3.63, 3.8) is 0 Å². The monoisotopic (exact) mass is 322 g/mol. The van der Waals surface area contributed by atoms with Crippen LogP contribution in [0.3, 0.4) is 0 Å². The van der Waals surface area contributed by atoms with Gasteiger partial charge in [-0.2, -0.15) is 8.42 Å². The van der Waals surface area contributed by atoms with E-state index in [0.29, 0.717) is 0 Å². The number of hydrogen-bond donors (Lipinski definition) is 3. The lowest BCUT2D eigenvalue weighted by molar-refractivity contribution is 0.0879. The minimum atomic E-state index is -5.11. The van der Waals surface area contributed by atoms with Gasteiger partial charge >= 0.3 is 0 Å². The number of aliphatic hydroxyl groups is 2. The molecule has 2 aliphatic carbocycles. The van der Waals surface area contributed by atoms with E-state index in [0.717, 1.165) is 6.08 Å². The van der Waals surface area contributed by atoms with Crippen molar-refractivity contribution in [3.05, 3.63) is 58.4 Å². The minimum absolute atomic E-state index is 0.00853. The molecule has 7 nitrogen and oxygen atoms in total. The molecule has 0 spiro atoms. The second-order valence-electron chi connectivity index (χ2n) is 5.01. The predicted molar refractivity (Wildman–Crippen MR) is 74.0 cm³/mol. The molecule has 1 aromatic rings. The van der Waals surface area contributed by atoms with E-state index in [1.165, 1.54) is 24.3 Å². The molecule has 3 rings (SSSR count). The van der Waals surface area contributed by atoms with E-state index in [9.17, 15) is 32.8 Å². The molecule has 0 aromatic heterocycles. The summed E-state index contributed by atoms with van der Waals surface area (Å²) in [6, 6.07) is 5.64. The third-order valence-electron chi connectivity index (χ3n) is 3.77. The number of aliphatic hydroxyl groups excluding tert-OH is 1. The summed E-state index contributed by atoms with van der Waals surface area (Å²) in [5.74, 6) is -2.32. The molecule has 1 atom stereocenters. The van der Waals surface area contributed by atoms with Crippen molar-refractivity contribution in [2.75, 3.05) is 0 Å². The maximum atomic E-state index is 12.5. The Labute approximate surface area is 125 Å². The lowest BCUT2D eigenvalue weighted by Crippen LogP contribution is -2.47. The lowest BCUT2D eigenvalue weighted by Gasteiger charge is -2.33. The van der Waals surface area contributed by atoms with Crippen molar-refractivity contribution in [1.29, 1.82) is 0 Å². The Morgan fingerprint density at radius 1 is 1.05 bits per heavy atom. The average molecular weight is 322 g/mol. The maximum absolute atomic E-state index is 12.5.